The van der Waals surface area contributed by atoms with Gasteiger partial charge < -0.3 is 10.4 Å². The first kappa shape index (κ1) is 13.5. The molecule has 1 saturated carbocycles. The molecule has 17 heavy (non-hydrogen) atoms. The van der Waals surface area contributed by atoms with Crippen molar-refractivity contribution in [2.45, 2.75) is 51.5 Å². The van der Waals surface area contributed by atoms with Gasteiger partial charge >= 0.3 is 5.97 Å². The Labute approximate surface area is 101 Å². The lowest BCUT2D eigenvalue weighted by Crippen LogP contribution is -2.42. The lowest BCUT2D eigenvalue weighted by Gasteiger charge is -2.22. The molecule has 0 bridgehead atoms. The number of carbonyl (C=O) groups excluding carboxylic acids is 1. The van der Waals surface area contributed by atoms with Crippen molar-refractivity contribution in [3.8, 4) is 6.07 Å². The van der Waals surface area contributed by atoms with E-state index in [1.165, 1.54) is 0 Å². The number of rotatable bonds is 5. The summed E-state index contributed by atoms with van der Waals surface area (Å²) < 4.78 is 0. The largest absolute Gasteiger partial charge is 0.481 e. The normalized spacial score (nSPS) is 19.3. The third-order valence-corrected chi connectivity index (χ3v) is 3.27. The van der Waals surface area contributed by atoms with Crippen molar-refractivity contribution in [1.29, 1.82) is 5.26 Å². The van der Waals surface area contributed by atoms with Crippen molar-refractivity contribution in [1.82, 2.24) is 5.32 Å². The van der Waals surface area contributed by atoms with E-state index in [1.54, 1.807) is 6.92 Å². The molecule has 1 aliphatic rings. The average molecular weight is 238 g/mol. The van der Waals surface area contributed by atoms with E-state index in [-0.39, 0.29) is 18.4 Å². The van der Waals surface area contributed by atoms with Crippen LogP contribution in [0.4, 0.5) is 0 Å². The molecule has 1 atom stereocenters. The fourth-order valence-corrected chi connectivity index (χ4v) is 2.14. The molecule has 0 spiro atoms. The van der Waals surface area contributed by atoms with Crippen molar-refractivity contribution in [2.75, 3.05) is 0 Å². The van der Waals surface area contributed by atoms with E-state index in [0.717, 1.165) is 12.8 Å². The van der Waals surface area contributed by atoms with Crippen LogP contribution in [-0.4, -0.2) is 23.0 Å². The Kier molecular flexibility index (Phi) is 4.50. The quantitative estimate of drug-likeness (QED) is 0.758. The highest BCUT2D eigenvalue weighted by atomic mass is 16.4. The predicted octanol–water partition coefficient (Wildman–Crippen LogP) is 1.44. The average Bonchev–Trinajstić information content (AvgIpc) is 2.76. The van der Waals surface area contributed by atoms with Gasteiger partial charge in [-0.2, -0.15) is 5.26 Å². The molecule has 5 heteroatoms. The van der Waals surface area contributed by atoms with E-state index in [0.29, 0.717) is 19.3 Å². The minimum absolute atomic E-state index is 0.0288. The summed E-state index contributed by atoms with van der Waals surface area (Å²) in [7, 11) is 0. The van der Waals surface area contributed by atoms with Crippen molar-refractivity contribution in [3.05, 3.63) is 0 Å². The molecule has 5 nitrogen and oxygen atoms in total. The van der Waals surface area contributed by atoms with Gasteiger partial charge in [-0.1, -0.05) is 12.8 Å². The van der Waals surface area contributed by atoms with Gasteiger partial charge in [0.15, 0.2) is 0 Å². The summed E-state index contributed by atoms with van der Waals surface area (Å²) in [6.07, 6.45) is 3.46. The van der Waals surface area contributed by atoms with Gasteiger partial charge in [0, 0.05) is 12.5 Å². The molecule has 1 unspecified atom stereocenters. The zero-order valence-electron chi connectivity index (χ0n) is 10.0. The number of carboxylic acid groups (broad SMARTS) is 1. The fraction of sp³-hybridized carbons (Fsp3) is 0.750. The van der Waals surface area contributed by atoms with Crippen LogP contribution < -0.4 is 5.32 Å². The second-order valence-electron chi connectivity index (χ2n) is 4.71. The molecule has 0 heterocycles. The zero-order chi connectivity index (χ0) is 12.9. The number of nitrogens with one attached hydrogen (secondary N) is 1. The summed E-state index contributed by atoms with van der Waals surface area (Å²) in [4.78, 5) is 22.4. The van der Waals surface area contributed by atoms with Crippen LogP contribution in [0.2, 0.25) is 0 Å². The highest BCUT2D eigenvalue weighted by molar-refractivity contribution is 5.86. The van der Waals surface area contributed by atoms with Crippen molar-refractivity contribution < 1.29 is 14.7 Å². The van der Waals surface area contributed by atoms with Gasteiger partial charge in [-0.3, -0.25) is 9.59 Å². The molecule has 1 fully saturated rings. The van der Waals surface area contributed by atoms with Gasteiger partial charge in [-0.05, 0) is 26.2 Å². The topological polar surface area (TPSA) is 90.2 Å². The molecular weight excluding hydrogens is 220 g/mol. The number of carbonyl (C=O) groups is 2. The lowest BCUT2D eigenvalue weighted by atomic mass is 9.86. The summed E-state index contributed by atoms with van der Waals surface area (Å²) in [5.74, 6) is -1.11. The maximum absolute atomic E-state index is 12.0. The molecule has 0 aromatic rings. The van der Waals surface area contributed by atoms with Crippen LogP contribution in [0.1, 0.15) is 45.4 Å². The van der Waals surface area contributed by atoms with E-state index in [9.17, 15) is 9.59 Å². The first-order chi connectivity index (χ1) is 8.00. The second-order valence-corrected chi connectivity index (χ2v) is 4.71. The lowest BCUT2D eigenvalue weighted by molar-refractivity contribution is -0.137. The van der Waals surface area contributed by atoms with Gasteiger partial charge in [-0.25, -0.2) is 0 Å². The maximum atomic E-state index is 12.0. The van der Waals surface area contributed by atoms with E-state index in [1.807, 2.05) is 0 Å². The number of amides is 1. The Bertz CT molecular complexity index is 340. The van der Waals surface area contributed by atoms with Crippen LogP contribution in [0.15, 0.2) is 0 Å². The number of hydrogen-bond donors (Lipinski definition) is 2. The Morgan fingerprint density at radius 1 is 1.47 bits per heavy atom. The Hall–Kier alpha value is -1.57. The third-order valence-electron chi connectivity index (χ3n) is 3.27. The van der Waals surface area contributed by atoms with E-state index >= 15 is 0 Å². The van der Waals surface area contributed by atoms with Crippen LogP contribution in [0.3, 0.4) is 0 Å². The minimum Gasteiger partial charge on any atom is -0.481 e. The third kappa shape index (κ3) is 3.45. The zero-order valence-corrected chi connectivity index (χ0v) is 10.0. The number of nitriles is 1. The molecule has 0 saturated heterocycles. The molecule has 0 aromatic heterocycles. The van der Waals surface area contributed by atoms with Gasteiger partial charge in [0.25, 0.3) is 0 Å². The first-order valence-corrected chi connectivity index (χ1v) is 5.94. The molecule has 2 N–H and O–H groups in total. The van der Waals surface area contributed by atoms with Crippen molar-refractivity contribution in [3.63, 3.8) is 0 Å². The fourth-order valence-electron chi connectivity index (χ4n) is 2.14. The highest BCUT2D eigenvalue weighted by Crippen LogP contribution is 2.37. The number of hydrogen-bond acceptors (Lipinski definition) is 3. The molecule has 1 aliphatic carbocycles. The molecular formula is C12H18N2O3. The monoisotopic (exact) mass is 238 g/mol. The summed E-state index contributed by atoms with van der Waals surface area (Å²) in [5.41, 5.74) is -0.877. The number of carboxylic acids is 1. The van der Waals surface area contributed by atoms with Crippen LogP contribution in [0, 0.1) is 16.7 Å². The van der Waals surface area contributed by atoms with Crippen LogP contribution in [0.25, 0.3) is 0 Å². The van der Waals surface area contributed by atoms with Gasteiger partial charge in [0.05, 0.1) is 6.07 Å². The molecule has 1 amide bonds. The molecule has 1 rings (SSSR count). The number of nitrogens with zero attached hydrogens (tertiary/aromatic N) is 1. The van der Waals surface area contributed by atoms with Crippen LogP contribution >= 0.6 is 0 Å². The summed E-state index contributed by atoms with van der Waals surface area (Å²) >= 11 is 0. The Morgan fingerprint density at radius 3 is 2.53 bits per heavy atom. The van der Waals surface area contributed by atoms with Gasteiger partial charge in [0.1, 0.15) is 5.41 Å². The molecule has 94 valence electrons. The Balaban J connectivity index is 2.48. The van der Waals surface area contributed by atoms with Gasteiger partial charge in [-0.15, -0.1) is 0 Å². The predicted molar refractivity (Wildman–Crippen MR) is 61.0 cm³/mol. The summed E-state index contributed by atoms with van der Waals surface area (Å²) in [6.45, 7) is 1.76. The van der Waals surface area contributed by atoms with Crippen molar-refractivity contribution in [2.24, 2.45) is 5.41 Å². The Morgan fingerprint density at radius 2 is 2.06 bits per heavy atom. The molecule has 0 aromatic carbocycles. The van der Waals surface area contributed by atoms with Crippen LogP contribution in [0.5, 0.6) is 0 Å². The van der Waals surface area contributed by atoms with E-state index in [4.69, 9.17) is 10.4 Å². The van der Waals surface area contributed by atoms with Gasteiger partial charge in [0.2, 0.25) is 5.91 Å². The molecule has 0 aliphatic heterocycles. The highest BCUT2D eigenvalue weighted by Gasteiger charge is 2.41. The van der Waals surface area contributed by atoms with Crippen molar-refractivity contribution >= 4 is 11.9 Å². The van der Waals surface area contributed by atoms with E-state index < -0.39 is 11.4 Å². The maximum Gasteiger partial charge on any atom is 0.303 e. The van der Waals surface area contributed by atoms with E-state index in [2.05, 4.69) is 11.4 Å². The minimum atomic E-state index is -0.877. The number of aliphatic carboxylic acids is 1. The SMILES string of the molecule is CC(CCC(=O)O)NC(=O)C1(C#N)CCCC1. The summed E-state index contributed by atoms with van der Waals surface area (Å²) in [5, 5.41) is 20.4. The smallest absolute Gasteiger partial charge is 0.303 e. The first-order valence-electron chi connectivity index (χ1n) is 5.94. The molecule has 0 radical (unpaired) electrons. The van der Waals surface area contributed by atoms with Crippen LogP contribution in [-0.2, 0) is 9.59 Å². The second kappa shape index (κ2) is 5.67. The standard InChI is InChI=1S/C12H18N2O3/c1-9(4-5-10(15)16)14-11(17)12(8-13)6-2-3-7-12/h9H,2-7H2,1H3,(H,14,17)(H,15,16). The summed E-state index contributed by atoms with van der Waals surface area (Å²) in [6, 6.07) is 1.91.